The van der Waals surface area contributed by atoms with Gasteiger partial charge in [-0.1, -0.05) is 35.6 Å². The lowest BCUT2D eigenvalue weighted by molar-refractivity contribution is -0.386. The largest absolute Gasteiger partial charge is 0.490 e. The molecular weight excluding hydrogens is 692 g/mol. The van der Waals surface area contributed by atoms with Gasteiger partial charge >= 0.3 is 11.7 Å². The Morgan fingerprint density at radius 2 is 1.87 bits per heavy atom. The minimum Gasteiger partial charge on any atom is -0.490 e. The molecule has 5 rings (SSSR count). The van der Waals surface area contributed by atoms with E-state index in [4.69, 9.17) is 18.9 Å². The fraction of sp³-hybridized carbons (Fsp3) is 0.212. The molecule has 1 aliphatic heterocycles. The molecule has 0 saturated carbocycles. The number of hydrogen-bond acceptors (Lipinski definition) is 11. The van der Waals surface area contributed by atoms with Crippen molar-refractivity contribution in [1.29, 1.82) is 5.26 Å². The number of methoxy groups -OCH3 is 1. The van der Waals surface area contributed by atoms with Gasteiger partial charge in [0.1, 0.15) is 6.61 Å². The Balaban J connectivity index is 1.59. The lowest BCUT2D eigenvalue weighted by Crippen LogP contribution is -2.39. The summed E-state index contributed by atoms with van der Waals surface area (Å²) in [6.07, 6.45) is 2.89. The molecule has 0 radical (unpaired) electrons. The zero-order valence-corrected chi connectivity index (χ0v) is 27.8. The first kappa shape index (κ1) is 33.1. The summed E-state index contributed by atoms with van der Waals surface area (Å²) in [4.78, 5) is 43.1. The lowest BCUT2D eigenvalue weighted by atomic mass is 9.97. The molecule has 47 heavy (non-hydrogen) atoms. The number of nitrogens with zero attached hydrogens (tertiary/aromatic N) is 4. The lowest BCUT2D eigenvalue weighted by Gasteiger charge is -2.23. The van der Waals surface area contributed by atoms with Crippen LogP contribution in [0, 0.1) is 21.4 Å². The number of halogens is 1. The van der Waals surface area contributed by atoms with Crippen molar-refractivity contribution >= 4 is 45.0 Å². The highest BCUT2D eigenvalue weighted by molar-refractivity contribution is 9.10. The first-order valence-electron chi connectivity index (χ1n) is 14.3. The molecule has 1 aromatic heterocycles. The molecule has 2 heterocycles. The number of aromatic nitrogens is 1. The molecule has 3 aromatic carbocycles. The van der Waals surface area contributed by atoms with E-state index in [0.717, 1.165) is 11.3 Å². The molecular formula is C33H27BrN4O8S. The number of carbonyl (C=O) groups excluding carboxylic acids is 1. The van der Waals surface area contributed by atoms with Crippen LogP contribution >= 0.6 is 27.3 Å². The van der Waals surface area contributed by atoms with Gasteiger partial charge in [-0.05, 0) is 71.2 Å². The van der Waals surface area contributed by atoms with Crippen molar-refractivity contribution in [3.05, 3.63) is 123 Å². The van der Waals surface area contributed by atoms with Crippen LogP contribution in [-0.4, -0.2) is 35.8 Å². The standard InChI is InChI=1S/C33H27BrN4O8S/c1-4-44-26-11-10-20(15-27(26)45-5-2)29-23(32(40)43-3)17-36-33-37(29)31(39)28(47-33)14-19-12-24(34)30(25(13-19)38(41)42)46-18-22-9-7-6-8-21(22)16-35/h6-15,17,29H,4-5,18H2,1-3H3/b28-14+/t29-/m1/s1. The topological polar surface area (TPSA) is 155 Å². The molecule has 4 aromatic rings. The number of rotatable bonds is 11. The summed E-state index contributed by atoms with van der Waals surface area (Å²) in [5.74, 6) is 0.283. The highest BCUT2D eigenvalue weighted by Gasteiger charge is 2.31. The third-order valence-electron chi connectivity index (χ3n) is 7.06. The second-order valence-corrected chi connectivity index (χ2v) is 11.8. The van der Waals surface area contributed by atoms with Crippen LogP contribution in [0.3, 0.4) is 0 Å². The van der Waals surface area contributed by atoms with Gasteiger partial charge in [0, 0.05) is 17.8 Å². The van der Waals surface area contributed by atoms with Crippen molar-refractivity contribution in [3.8, 4) is 23.3 Å². The van der Waals surface area contributed by atoms with Crippen LogP contribution in [0.25, 0.3) is 6.08 Å². The van der Waals surface area contributed by atoms with Gasteiger partial charge in [0.25, 0.3) is 5.56 Å². The summed E-state index contributed by atoms with van der Waals surface area (Å²) < 4.78 is 24.2. The molecule has 0 fully saturated rings. The minimum atomic E-state index is -0.899. The van der Waals surface area contributed by atoms with Gasteiger partial charge in [0.05, 0.1) is 57.5 Å². The van der Waals surface area contributed by atoms with Crippen molar-refractivity contribution < 1.29 is 28.7 Å². The normalized spacial score (nSPS) is 13.9. The van der Waals surface area contributed by atoms with E-state index in [1.807, 2.05) is 13.8 Å². The highest BCUT2D eigenvalue weighted by Crippen LogP contribution is 2.38. The SMILES string of the molecule is CCOc1ccc([C@@H]2C(C(=O)OC)=CN=c3s/c(=C/c4cc(Br)c(OCc5ccccc5C#N)c([N+](=O)[O-])c4)c(=O)n32)cc1OCC. The van der Waals surface area contributed by atoms with Crippen LogP contribution in [0.2, 0.25) is 0 Å². The smallest absolute Gasteiger partial charge is 0.337 e. The van der Waals surface area contributed by atoms with Gasteiger partial charge < -0.3 is 18.9 Å². The van der Waals surface area contributed by atoms with Crippen molar-refractivity contribution in [1.82, 2.24) is 4.57 Å². The maximum atomic E-state index is 14.0. The van der Waals surface area contributed by atoms with E-state index < -0.39 is 22.5 Å². The number of ether oxygens (including phenoxy) is 4. The summed E-state index contributed by atoms with van der Waals surface area (Å²) in [6, 6.07) is 16.0. The van der Waals surface area contributed by atoms with Crippen LogP contribution in [0.4, 0.5) is 5.69 Å². The summed E-state index contributed by atoms with van der Waals surface area (Å²) in [5, 5.41) is 21.5. The van der Waals surface area contributed by atoms with E-state index in [9.17, 15) is 25.0 Å². The summed E-state index contributed by atoms with van der Waals surface area (Å²) in [5.41, 5.74) is 1.21. The molecule has 0 amide bonds. The summed E-state index contributed by atoms with van der Waals surface area (Å²) in [7, 11) is 1.25. The van der Waals surface area contributed by atoms with Crippen LogP contribution < -0.4 is 29.1 Å². The first-order chi connectivity index (χ1) is 22.7. The van der Waals surface area contributed by atoms with Gasteiger partial charge in [-0.2, -0.15) is 5.26 Å². The average Bonchev–Trinajstić information content (AvgIpc) is 3.38. The Bertz CT molecular complexity index is 2130. The molecule has 0 spiro atoms. The predicted molar refractivity (Wildman–Crippen MR) is 176 cm³/mol. The maximum absolute atomic E-state index is 14.0. The quantitative estimate of drug-likeness (QED) is 0.119. The van der Waals surface area contributed by atoms with Crippen LogP contribution in [0.5, 0.6) is 17.2 Å². The number of hydrogen-bond donors (Lipinski definition) is 0. The summed E-state index contributed by atoms with van der Waals surface area (Å²) >= 11 is 4.44. The second-order valence-electron chi connectivity index (χ2n) is 9.91. The molecule has 0 aliphatic carbocycles. The monoisotopic (exact) mass is 718 g/mol. The van der Waals surface area contributed by atoms with E-state index in [0.29, 0.717) is 51.8 Å². The van der Waals surface area contributed by atoms with Gasteiger partial charge in [0.2, 0.25) is 5.75 Å². The van der Waals surface area contributed by atoms with Crippen molar-refractivity contribution in [2.75, 3.05) is 20.3 Å². The molecule has 1 aliphatic rings. The van der Waals surface area contributed by atoms with Gasteiger partial charge in [-0.15, -0.1) is 0 Å². The zero-order valence-electron chi connectivity index (χ0n) is 25.4. The van der Waals surface area contributed by atoms with Crippen LogP contribution in [-0.2, 0) is 16.1 Å². The molecule has 14 heteroatoms. The Morgan fingerprint density at radius 1 is 1.13 bits per heavy atom. The molecule has 0 bridgehead atoms. The van der Waals surface area contributed by atoms with Crippen molar-refractivity contribution in [2.45, 2.75) is 26.5 Å². The number of esters is 1. The molecule has 1 atom stereocenters. The van der Waals surface area contributed by atoms with E-state index in [-0.39, 0.29) is 32.6 Å². The molecule has 0 saturated heterocycles. The van der Waals surface area contributed by atoms with Crippen molar-refractivity contribution in [2.24, 2.45) is 4.99 Å². The number of nitriles is 1. The van der Waals surface area contributed by atoms with E-state index >= 15 is 0 Å². The zero-order chi connectivity index (χ0) is 33.7. The average molecular weight is 720 g/mol. The summed E-state index contributed by atoms with van der Waals surface area (Å²) in [6.45, 7) is 4.40. The minimum absolute atomic E-state index is 0.0234. The third-order valence-corrected chi connectivity index (χ3v) is 8.64. The highest BCUT2D eigenvalue weighted by atomic mass is 79.9. The molecule has 240 valence electrons. The Kier molecular flexibility index (Phi) is 10.2. The van der Waals surface area contributed by atoms with E-state index in [1.165, 1.54) is 30.0 Å². The maximum Gasteiger partial charge on any atom is 0.337 e. The number of thiazole rings is 1. The Morgan fingerprint density at radius 3 is 2.57 bits per heavy atom. The van der Waals surface area contributed by atoms with Crippen LogP contribution in [0.1, 0.15) is 42.1 Å². The predicted octanol–water partition coefficient (Wildman–Crippen LogP) is 4.94. The number of fused-ring (bicyclic) bond motifs is 1. The van der Waals surface area contributed by atoms with E-state index in [2.05, 4.69) is 27.0 Å². The van der Waals surface area contributed by atoms with Crippen LogP contribution in [0.15, 0.2) is 80.6 Å². The van der Waals surface area contributed by atoms with Crippen molar-refractivity contribution in [3.63, 3.8) is 0 Å². The Labute approximate surface area is 280 Å². The van der Waals surface area contributed by atoms with Gasteiger partial charge in [0.15, 0.2) is 16.3 Å². The second kappa shape index (κ2) is 14.4. The van der Waals surface area contributed by atoms with Gasteiger partial charge in [-0.3, -0.25) is 19.5 Å². The number of nitro benzene ring substituents is 1. The molecule has 12 nitrogen and oxygen atoms in total. The Hall–Kier alpha value is -5.26. The van der Waals surface area contributed by atoms with Gasteiger partial charge in [-0.25, -0.2) is 9.79 Å². The number of nitro groups is 1. The van der Waals surface area contributed by atoms with E-state index in [1.54, 1.807) is 48.5 Å². The number of carbonyl (C=O) groups is 1. The molecule has 0 unspecified atom stereocenters. The first-order valence-corrected chi connectivity index (χ1v) is 15.9. The number of benzene rings is 3. The molecule has 0 N–H and O–H groups in total. The third kappa shape index (κ3) is 6.81. The fourth-order valence-electron chi connectivity index (χ4n) is 5.00. The fourth-order valence-corrected chi connectivity index (χ4v) is 6.56.